The van der Waals surface area contributed by atoms with Gasteiger partial charge >= 0.3 is 0 Å². The lowest BCUT2D eigenvalue weighted by atomic mass is 9.96. The first kappa shape index (κ1) is 16.5. The molecule has 0 saturated carbocycles. The van der Waals surface area contributed by atoms with Crippen molar-refractivity contribution in [2.24, 2.45) is 0 Å². The van der Waals surface area contributed by atoms with Crippen molar-refractivity contribution in [2.45, 2.75) is 37.9 Å². The monoisotopic (exact) mass is 370 g/mol. The van der Waals surface area contributed by atoms with E-state index in [0.717, 1.165) is 0 Å². The molecular weight excluding hydrogens is 348 g/mol. The largest absolute Gasteiger partial charge is 0.394 e. The molecule has 0 bridgehead atoms. The van der Waals surface area contributed by atoms with E-state index in [2.05, 4.69) is 33.4 Å². The van der Waals surface area contributed by atoms with Crippen LogP contribution in [0.2, 0.25) is 0 Å². The number of nitrogens with zero attached hydrogens (tertiary/aromatic N) is 3. The molecule has 1 saturated heterocycles. The summed E-state index contributed by atoms with van der Waals surface area (Å²) in [6.07, 6.45) is -1.80. The Labute approximate surface area is 156 Å². The topological polar surface area (TPSA) is 116 Å². The number of aliphatic hydroxyl groups is 3. The minimum atomic E-state index is -1.69. The summed E-state index contributed by atoms with van der Waals surface area (Å²) in [5.74, 6) is 5.89. The highest BCUT2D eigenvalue weighted by molar-refractivity contribution is 6.06. The molecule has 0 aromatic carbocycles. The van der Waals surface area contributed by atoms with Crippen LogP contribution in [0.1, 0.15) is 27.0 Å². The number of nitrogens with one attached hydrogen (secondary N) is 1. The summed E-state index contributed by atoms with van der Waals surface area (Å²) in [5.41, 5.74) is -0.284. The Morgan fingerprint density at radius 2 is 2.30 bits per heavy atom. The van der Waals surface area contributed by atoms with Gasteiger partial charge in [-0.2, -0.15) is 0 Å². The Balaban J connectivity index is 2.10. The van der Waals surface area contributed by atoms with Crippen LogP contribution >= 0.6 is 0 Å². The Kier molecular flexibility index (Phi) is 3.77. The van der Waals surface area contributed by atoms with Crippen LogP contribution < -0.4 is 5.35 Å². The lowest BCUT2D eigenvalue weighted by Gasteiger charge is -2.27. The van der Waals surface area contributed by atoms with Gasteiger partial charge in [0, 0.05) is 22.5 Å². The van der Waals surface area contributed by atoms with Gasteiger partial charge in [-0.3, -0.25) is 0 Å². The van der Waals surface area contributed by atoms with E-state index >= 15 is 0 Å². The summed E-state index contributed by atoms with van der Waals surface area (Å²) in [6, 6.07) is 1.76. The Bertz CT molecular complexity index is 1200. The van der Waals surface area contributed by atoms with Crippen LogP contribution in [0.3, 0.4) is 0 Å². The first-order valence-electron chi connectivity index (χ1n) is 8.94. The van der Waals surface area contributed by atoms with Gasteiger partial charge in [0.1, 0.15) is 36.8 Å². The van der Waals surface area contributed by atoms with E-state index in [1.807, 2.05) is 0 Å². The molecule has 0 amide bonds. The van der Waals surface area contributed by atoms with E-state index in [0.29, 0.717) is 33.0 Å². The van der Waals surface area contributed by atoms with E-state index in [4.69, 9.17) is 6.11 Å². The van der Waals surface area contributed by atoms with Crippen LogP contribution in [-0.2, 0) is 4.74 Å². The molecule has 4 rings (SSSR count). The molecule has 0 spiro atoms. The molecule has 8 nitrogen and oxygen atoms in total. The fourth-order valence-corrected chi connectivity index (χ4v) is 3.58. The van der Waals surface area contributed by atoms with Gasteiger partial charge in [0.05, 0.1) is 12.0 Å². The highest BCUT2D eigenvalue weighted by atomic mass is 16.6. The SMILES string of the molecule is [3H]c1nc2[nH]c(=C)cc(C#CC)c3cn([C@@H]4O[C@H](CO)[C@@H](O)C4(C)O)c(n1)c23. The predicted octanol–water partition coefficient (Wildman–Crippen LogP) is -0.0230. The lowest BCUT2D eigenvalue weighted by Crippen LogP contribution is -2.44. The normalized spacial score (nSPS) is 28.3. The second-order valence-electron chi connectivity index (χ2n) is 6.78. The van der Waals surface area contributed by atoms with Crippen LogP contribution in [0.15, 0.2) is 18.6 Å². The van der Waals surface area contributed by atoms with E-state index in [9.17, 15) is 15.3 Å². The van der Waals surface area contributed by atoms with Gasteiger partial charge < -0.3 is 29.6 Å². The summed E-state index contributed by atoms with van der Waals surface area (Å²) in [7, 11) is 0. The third-order valence-electron chi connectivity index (χ3n) is 4.89. The zero-order valence-electron chi connectivity index (χ0n) is 15.9. The Morgan fingerprint density at radius 3 is 2.96 bits per heavy atom. The minimum Gasteiger partial charge on any atom is -0.394 e. The van der Waals surface area contributed by atoms with E-state index < -0.39 is 30.6 Å². The van der Waals surface area contributed by atoms with Gasteiger partial charge in [-0.05, 0) is 19.9 Å². The van der Waals surface area contributed by atoms with Gasteiger partial charge in [-0.1, -0.05) is 12.5 Å². The number of hydrogen-bond acceptors (Lipinski definition) is 6. The van der Waals surface area contributed by atoms with Crippen molar-refractivity contribution in [2.75, 3.05) is 6.61 Å². The van der Waals surface area contributed by atoms with Gasteiger partial charge in [0.25, 0.3) is 0 Å². The first-order valence-corrected chi connectivity index (χ1v) is 8.44. The number of ether oxygens (including phenoxy) is 1. The molecule has 0 aliphatic carbocycles. The molecule has 27 heavy (non-hydrogen) atoms. The fraction of sp³-hybridized carbons (Fsp3) is 0.368. The smallest absolute Gasteiger partial charge is 0.167 e. The number of aromatic nitrogens is 4. The third-order valence-corrected chi connectivity index (χ3v) is 4.89. The number of H-pyrrole nitrogens is 1. The van der Waals surface area contributed by atoms with Crippen molar-refractivity contribution in [1.29, 1.82) is 0 Å². The Hall–Kier alpha value is -2.70. The molecule has 1 aliphatic rings. The molecule has 0 radical (unpaired) electrons. The highest BCUT2D eigenvalue weighted by Gasteiger charge is 2.53. The van der Waals surface area contributed by atoms with Crippen molar-refractivity contribution >= 4 is 28.6 Å². The molecule has 4 N–H and O–H groups in total. The summed E-state index contributed by atoms with van der Waals surface area (Å²) >= 11 is 0. The van der Waals surface area contributed by atoms with E-state index in [-0.39, 0.29) is 6.30 Å². The van der Waals surface area contributed by atoms with Crippen LogP contribution in [0.5, 0.6) is 0 Å². The summed E-state index contributed by atoms with van der Waals surface area (Å²) in [6.45, 7) is 6.63. The van der Waals surface area contributed by atoms with Gasteiger partial charge in [-0.15, -0.1) is 5.92 Å². The molecule has 1 fully saturated rings. The standard InChI is InChI=1S/C19H20N4O4/c1-4-5-11-6-10(2)22-16-14-12(11)7-23(17(14)21-9-20-16)18-19(3,26)15(25)13(8-24)27-18/h6-7,9,13,15,18,24-26H,2,8H2,1,3H3,(H,20,21,22)/t13-,15-,18-,19?/m1/s1/i9T. The molecule has 4 heterocycles. The van der Waals surface area contributed by atoms with Crippen molar-refractivity contribution in [3.05, 3.63) is 29.5 Å². The molecule has 140 valence electrons. The maximum atomic E-state index is 10.9. The second-order valence-corrected chi connectivity index (χ2v) is 6.78. The molecule has 3 aromatic rings. The number of hydrogen-bond donors (Lipinski definition) is 4. The molecule has 1 unspecified atom stereocenters. The maximum Gasteiger partial charge on any atom is 0.167 e. The van der Waals surface area contributed by atoms with Crippen molar-refractivity contribution in [3.63, 3.8) is 0 Å². The summed E-state index contributed by atoms with van der Waals surface area (Å²) in [5, 5.41) is 32.5. The van der Waals surface area contributed by atoms with Crippen LogP contribution in [-0.4, -0.2) is 59.3 Å². The van der Waals surface area contributed by atoms with Crippen LogP contribution in [0.25, 0.3) is 28.6 Å². The average Bonchev–Trinajstić information content (AvgIpc) is 3.05. The van der Waals surface area contributed by atoms with Gasteiger partial charge in [-0.25, -0.2) is 9.97 Å². The van der Waals surface area contributed by atoms with Gasteiger partial charge in [0.2, 0.25) is 0 Å². The predicted molar refractivity (Wildman–Crippen MR) is 99.1 cm³/mol. The molecular formula is C19H20N4O4. The van der Waals surface area contributed by atoms with Crippen LogP contribution in [0, 0.1) is 11.8 Å². The van der Waals surface area contributed by atoms with Crippen molar-refractivity contribution < 1.29 is 21.4 Å². The first-order chi connectivity index (χ1) is 13.3. The number of aromatic amines is 1. The average molecular weight is 370 g/mol. The van der Waals surface area contributed by atoms with Crippen molar-refractivity contribution in [3.8, 4) is 11.8 Å². The molecule has 4 atom stereocenters. The van der Waals surface area contributed by atoms with Crippen molar-refractivity contribution in [1.82, 2.24) is 19.5 Å². The summed E-state index contributed by atoms with van der Waals surface area (Å²) in [4.78, 5) is 11.4. The highest BCUT2D eigenvalue weighted by Crippen LogP contribution is 2.41. The molecule has 3 aromatic heterocycles. The zero-order chi connectivity index (χ0) is 20.2. The fourth-order valence-electron chi connectivity index (χ4n) is 3.58. The minimum absolute atomic E-state index is 0.226. The lowest BCUT2D eigenvalue weighted by molar-refractivity contribution is -0.0947. The quantitative estimate of drug-likeness (QED) is 0.471. The third kappa shape index (κ3) is 2.56. The van der Waals surface area contributed by atoms with Crippen LogP contribution in [0.4, 0.5) is 0 Å². The number of aliphatic hydroxyl groups excluding tert-OH is 2. The maximum absolute atomic E-state index is 10.9. The summed E-state index contributed by atoms with van der Waals surface area (Å²) < 4.78 is 15.2. The zero-order valence-corrected chi connectivity index (χ0v) is 14.9. The van der Waals surface area contributed by atoms with E-state index in [1.54, 1.807) is 23.8 Å². The van der Waals surface area contributed by atoms with Gasteiger partial charge in [0.15, 0.2) is 6.23 Å². The number of rotatable bonds is 2. The van der Waals surface area contributed by atoms with E-state index in [1.165, 1.54) is 6.92 Å². The molecule has 1 aliphatic heterocycles. The Morgan fingerprint density at radius 1 is 1.52 bits per heavy atom. The molecule has 8 heteroatoms. The second kappa shape index (κ2) is 6.18.